The summed E-state index contributed by atoms with van der Waals surface area (Å²) in [4.78, 5) is 43.8. The van der Waals surface area contributed by atoms with Crippen molar-refractivity contribution in [1.29, 1.82) is 0 Å². The molecule has 1 aromatic carbocycles. The number of hydrogen-bond acceptors (Lipinski definition) is 8. The molecule has 3 atom stereocenters. The predicted octanol–water partition coefficient (Wildman–Crippen LogP) is 5.08. The van der Waals surface area contributed by atoms with Gasteiger partial charge in [-0.1, -0.05) is 26.5 Å². The van der Waals surface area contributed by atoms with Crippen molar-refractivity contribution in [3.05, 3.63) is 64.7 Å². The molecule has 0 bridgehead atoms. The van der Waals surface area contributed by atoms with Crippen LogP contribution in [0.15, 0.2) is 52.4 Å². The lowest BCUT2D eigenvalue weighted by Gasteiger charge is -2.44. The van der Waals surface area contributed by atoms with Crippen molar-refractivity contribution >= 4 is 46.4 Å². The number of hydrogen-bond donors (Lipinski definition) is 1. The molecule has 0 aliphatic carbocycles. The molecule has 9 nitrogen and oxygen atoms in total. The Hall–Kier alpha value is -4.06. The SMILES string of the molecule is C=CC(=O)N1C[C@H](C)N(c2nc(=O)n(C3=C(C(C)C)N=CCC3SC)c3nc(-c4c(O)cccc4F)c(F)cc23)C[C@H]1C. The second-order valence-corrected chi connectivity index (χ2v) is 12.2. The minimum atomic E-state index is -0.886. The first-order chi connectivity index (χ1) is 20.5. The van der Waals surface area contributed by atoms with Gasteiger partial charge < -0.3 is 14.9 Å². The van der Waals surface area contributed by atoms with Gasteiger partial charge in [0.15, 0.2) is 11.5 Å². The quantitative estimate of drug-likeness (QED) is 0.389. The van der Waals surface area contributed by atoms with Crippen LogP contribution in [-0.4, -0.2) is 73.3 Å². The molecule has 1 unspecified atom stereocenters. The van der Waals surface area contributed by atoms with Crippen LogP contribution in [0.4, 0.5) is 14.6 Å². The molecule has 1 N–H and O–H groups in total. The summed E-state index contributed by atoms with van der Waals surface area (Å²) in [6.45, 7) is 12.0. The molecule has 1 saturated heterocycles. The van der Waals surface area contributed by atoms with E-state index in [9.17, 15) is 14.7 Å². The number of aromatic hydroxyl groups is 1. The molecule has 1 fully saturated rings. The predicted molar refractivity (Wildman–Crippen MR) is 167 cm³/mol. The molecular weight excluding hydrogens is 574 g/mol. The van der Waals surface area contributed by atoms with Crippen molar-refractivity contribution in [2.24, 2.45) is 10.9 Å². The molecule has 0 radical (unpaired) electrons. The van der Waals surface area contributed by atoms with Gasteiger partial charge in [0.25, 0.3) is 0 Å². The Kier molecular flexibility index (Phi) is 8.42. The van der Waals surface area contributed by atoms with Crippen molar-refractivity contribution in [2.75, 3.05) is 24.2 Å². The molecule has 3 aromatic rings. The first-order valence-electron chi connectivity index (χ1n) is 14.1. The van der Waals surface area contributed by atoms with Gasteiger partial charge in [0, 0.05) is 37.8 Å². The standard InChI is InChI=1S/C31H34F2N6O3S/c1-7-24(41)37-14-18(5)38(15-17(37)4)29-19-13-21(33)27(25-20(32)9-8-10-22(25)40)35-30(19)39(31(42)36-29)28-23(43-6)11-12-34-26(28)16(2)3/h7-10,12-13,16-18,23,40H,1,11,14-15H2,2-6H3/t17-,18+,23?/m1/s1. The number of benzene rings is 1. The lowest BCUT2D eigenvalue weighted by Crippen LogP contribution is -2.58. The maximum atomic E-state index is 15.9. The van der Waals surface area contributed by atoms with Gasteiger partial charge in [0.1, 0.15) is 23.1 Å². The van der Waals surface area contributed by atoms with Gasteiger partial charge in [0.05, 0.1) is 27.6 Å². The third-order valence-electron chi connectivity index (χ3n) is 7.94. The molecule has 2 aromatic heterocycles. The van der Waals surface area contributed by atoms with Crippen LogP contribution in [-0.2, 0) is 4.79 Å². The number of phenols is 1. The summed E-state index contributed by atoms with van der Waals surface area (Å²) in [5.41, 5.74) is -0.142. The third kappa shape index (κ3) is 5.32. The maximum Gasteiger partial charge on any atom is 0.355 e. The number of halogens is 2. The zero-order valence-electron chi connectivity index (χ0n) is 24.7. The number of amides is 1. The molecule has 2 aliphatic heterocycles. The number of nitrogens with zero attached hydrogens (tertiary/aromatic N) is 6. The third-order valence-corrected chi connectivity index (χ3v) is 8.92. The Morgan fingerprint density at radius 1 is 1.16 bits per heavy atom. The van der Waals surface area contributed by atoms with Crippen molar-refractivity contribution in [3.63, 3.8) is 0 Å². The number of thioether (sulfide) groups is 1. The van der Waals surface area contributed by atoms with Gasteiger partial charge in [0.2, 0.25) is 5.91 Å². The molecule has 12 heteroatoms. The number of allylic oxidation sites excluding steroid dienone is 1. The van der Waals surface area contributed by atoms with Crippen molar-refractivity contribution in [1.82, 2.24) is 19.4 Å². The van der Waals surface area contributed by atoms with Crippen LogP contribution in [0.3, 0.4) is 0 Å². The van der Waals surface area contributed by atoms with E-state index in [0.29, 0.717) is 30.9 Å². The highest BCUT2D eigenvalue weighted by atomic mass is 32.2. The Morgan fingerprint density at radius 2 is 1.91 bits per heavy atom. The van der Waals surface area contributed by atoms with E-state index in [1.807, 2.05) is 45.1 Å². The summed E-state index contributed by atoms with van der Waals surface area (Å²) in [6, 6.07) is 4.33. The Bertz CT molecular complexity index is 1720. The number of pyridine rings is 1. The zero-order chi connectivity index (χ0) is 31.2. The number of rotatable bonds is 6. The topological polar surface area (TPSA) is 104 Å². The summed E-state index contributed by atoms with van der Waals surface area (Å²) < 4.78 is 32.3. The molecule has 4 heterocycles. The van der Waals surface area contributed by atoms with Gasteiger partial charge in [-0.25, -0.2) is 23.1 Å². The van der Waals surface area contributed by atoms with Crippen molar-refractivity contribution < 1.29 is 18.7 Å². The smallest absolute Gasteiger partial charge is 0.355 e. The Morgan fingerprint density at radius 3 is 2.56 bits per heavy atom. The summed E-state index contributed by atoms with van der Waals surface area (Å²) in [6.07, 6.45) is 5.57. The molecule has 1 amide bonds. The van der Waals surface area contributed by atoms with Gasteiger partial charge in [-0.2, -0.15) is 16.7 Å². The number of piperazine rings is 1. The number of aromatic nitrogens is 3. The molecular formula is C31H34F2N6O3S. The van der Waals surface area contributed by atoms with Crippen LogP contribution in [0, 0.1) is 17.6 Å². The minimum absolute atomic E-state index is 0.0605. The number of carbonyl (C=O) groups is 1. The summed E-state index contributed by atoms with van der Waals surface area (Å²) in [5, 5.41) is 10.6. The van der Waals surface area contributed by atoms with Crippen LogP contribution in [0.25, 0.3) is 28.0 Å². The molecule has 43 heavy (non-hydrogen) atoms. The zero-order valence-corrected chi connectivity index (χ0v) is 25.5. The first kappa shape index (κ1) is 30.4. The normalized spacial score (nSPS) is 20.8. The lowest BCUT2D eigenvalue weighted by molar-refractivity contribution is -0.128. The van der Waals surface area contributed by atoms with Gasteiger partial charge >= 0.3 is 5.69 Å². The molecule has 2 aliphatic rings. The van der Waals surface area contributed by atoms with Crippen LogP contribution in [0.2, 0.25) is 0 Å². The Labute approximate surface area is 252 Å². The van der Waals surface area contributed by atoms with Crippen molar-refractivity contribution in [3.8, 4) is 17.0 Å². The average Bonchev–Trinajstić information content (AvgIpc) is 2.97. The number of aliphatic imine (C=N–C) groups is 1. The first-order valence-corrected chi connectivity index (χ1v) is 15.4. The van der Waals surface area contributed by atoms with E-state index in [1.165, 1.54) is 40.6 Å². The van der Waals surface area contributed by atoms with E-state index in [2.05, 4.69) is 21.5 Å². The molecule has 0 saturated carbocycles. The fourth-order valence-electron chi connectivity index (χ4n) is 5.81. The second kappa shape index (κ2) is 11.9. The van der Waals surface area contributed by atoms with Crippen LogP contribution in [0.5, 0.6) is 5.75 Å². The van der Waals surface area contributed by atoms with E-state index in [-0.39, 0.29) is 46.0 Å². The fraction of sp³-hybridized carbons (Fsp3) is 0.387. The highest BCUT2D eigenvalue weighted by Gasteiger charge is 2.35. The van der Waals surface area contributed by atoms with Gasteiger partial charge in [-0.15, -0.1) is 0 Å². The fourth-order valence-corrected chi connectivity index (χ4v) is 6.54. The number of fused-ring (bicyclic) bond motifs is 1. The lowest BCUT2D eigenvalue weighted by atomic mass is 10.0. The summed E-state index contributed by atoms with van der Waals surface area (Å²) >= 11 is 1.54. The Balaban J connectivity index is 1.84. The summed E-state index contributed by atoms with van der Waals surface area (Å²) in [5.74, 6) is -2.28. The molecule has 5 rings (SSSR count). The highest BCUT2D eigenvalue weighted by molar-refractivity contribution is 7.99. The second-order valence-electron chi connectivity index (χ2n) is 11.1. The van der Waals surface area contributed by atoms with E-state index in [1.54, 1.807) is 4.90 Å². The van der Waals surface area contributed by atoms with Crippen LogP contribution < -0.4 is 10.6 Å². The number of carbonyl (C=O) groups excluding carboxylic acids is 1. The minimum Gasteiger partial charge on any atom is -0.507 e. The van der Waals surface area contributed by atoms with Crippen molar-refractivity contribution in [2.45, 2.75) is 51.4 Å². The number of phenolic OH excluding ortho intramolecular Hbond substituents is 1. The van der Waals surface area contributed by atoms with E-state index in [0.717, 1.165) is 6.07 Å². The van der Waals surface area contributed by atoms with Gasteiger partial charge in [-0.3, -0.25) is 9.79 Å². The van der Waals surface area contributed by atoms with E-state index in [4.69, 9.17) is 0 Å². The molecule has 0 spiro atoms. The van der Waals surface area contributed by atoms with Crippen LogP contribution in [0.1, 0.15) is 34.1 Å². The highest BCUT2D eigenvalue weighted by Crippen LogP contribution is 2.39. The van der Waals surface area contributed by atoms with E-state index < -0.39 is 34.3 Å². The van der Waals surface area contributed by atoms with E-state index >= 15 is 8.78 Å². The maximum absolute atomic E-state index is 15.9. The monoisotopic (exact) mass is 608 g/mol. The summed E-state index contributed by atoms with van der Waals surface area (Å²) in [7, 11) is 0. The number of anilines is 1. The van der Waals surface area contributed by atoms with Crippen LogP contribution >= 0.6 is 11.8 Å². The largest absolute Gasteiger partial charge is 0.507 e. The molecule has 226 valence electrons. The van der Waals surface area contributed by atoms with Gasteiger partial charge in [-0.05, 0) is 50.3 Å². The average molecular weight is 609 g/mol.